The summed E-state index contributed by atoms with van der Waals surface area (Å²) in [5, 5.41) is -0.712. The Balaban J connectivity index is 1.91. The number of para-hydroxylation sites is 2. The summed E-state index contributed by atoms with van der Waals surface area (Å²) >= 11 is 1.49. The second-order valence-corrected chi connectivity index (χ2v) is 8.76. The highest BCUT2D eigenvalue weighted by atomic mass is 32.2. The van der Waals surface area contributed by atoms with Crippen LogP contribution in [0.5, 0.6) is 11.5 Å². The Bertz CT molecular complexity index is 1190. The fourth-order valence-corrected chi connectivity index (χ4v) is 5.28. The highest BCUT2D eigenvalue weighted by Gasteiger charge is 2.44. The van der Waals surface area contributed by atoms with Crippen LogP contribution >= 0.6 is 11.8 Å². The summed E-state index contributed by atoms with van der Waals surface area (Å²) in [7, 11) is 4.98. The van der Waals surface area contributed by atoms with Gasteiger partial charge in [-0.15, -0.1) is 11.8 Å². The first-order chi connectivity index (χ1) is 14.9. The van der Waals surface area contributed by atoms with Crippen LogP contribution in [0.4, 0.5) is 5.69 Å². The van der Waals surface area contributed by atoms with Crippen molar-refractivity contribution in [3.05, 3.63) is 70.1 Å². The van der Waals surface area contributed by atoms with Crippen LogP contribution < -0.4 is 19.9 Å². The van der Waals surface area contributed by atoms with E-state index in [9.17, 15) is 9.59 Å². The van der Waals surface area contributed by atoms with E-state index in [4.69, 9.17) is 9.47 Å². The molecule has 1 aliphatic rings. The van der Waals surface area contributed by atoms with Crippen molar-refractivity contribution in [3.63, 3.8) is 0 Å². The largest absolute Gasteiger partial charge is 0.493 e. The number of methoxy groups -OCH3 is 2. The molecule has 0 N–H and O–H groups in total. The summed E-state index contributed by atoms with van der Waals surface area (Å²) in [4.78, 5) is 28.5. The van der Waals surface area contributed by atoms with E-state index >= 15 is 0 Å². The van der Waals surface area contributed by atoms with Crippen LogP contribution in [0.2, 0.25) is 0 Å². The second-order valence-electron chi connectivity index (χ2n) is 7.33. The number of ether oxygens (including phenoxy) is 2. The van der Waals surface area contributed by atoms with E-state index in [1.54, 1.807) is 28.5 Å². The molecule has 2 aromatic carbocycles. The van der Waals surface area contributed by atoms with E-state index in [0.29, 0.717) is 22.9 Å². The average Bonchev–Trinajstić information content (AvgIpc) is 3.19. The molecule has 2 heterocycles. The summed E-state index contributed by atoms with van der Waals surface area (Å²) in [6.45, 7) is 3.72. The normalized spacial score (nSPS) is 18.5. The molecule has 1 fully saturated rings. The van der Waals surface area contributed by atoms with Gasteiger partial charge in [-0.25, -0.2) is 4.68 Å². The lowest BCUT2D eigenvalue weighted by atomic mass is 10.1. The molecule has 0 radical (unpaired) electrons. The zero-order chi connectivity index (χ0) is 22.3. The topological polar surface area (TPSA) is 65.7 Å². The van der Waals surface area contributed by atoms with Gasteiger partial charge < -0.3 is 9.47 Å². The standard InChI is InChI=1S/C23H25N3O4S/c1-14-19(22(28)26(24(14)3)16-10-7-6-8-11-16)25-21(27)15(2)31-23(25)17-12-9-13-18(29-4)20(17)30-5/h6-13,15,23H,1-5H3/t15-,23+/m1/s1. The van der Waals surface area contributed by atoms with Gasteiger partial charge in [0.1, 0.15) is 11.1 Å². The van der Waals surface area contributed by atoms with Gasteiger partial charge in [0.05, 0.1) is 30.9 Å². The van der Waals surface area contributed by atoms with Gasteiger partial charge in [-0.05, 0) is 32.0 Å². The Labute approximate surface area is 185 Å². The number of anilines is 1. The van der Waals surface area contributed by atoms with Crippen molar-refractivity contribution < 1.29 is 14.3 Å². The van der Waals surface area contributed by atoms with E-state index in [-0.39, 0.29) is 16.7 Å². The summed E-state index contributed by atoms with van der Waals surface area (Å²) in [5.41, 5.74) is 2.39. The zero-order valence-corrected chi connectivity index (χ0v) is 19.0. The minimum atomic E-state index is -0.412. The van der Waals surface area contributed by atoms with E-state index in [0.717, 1.165) is 11.3 Å². The lowest BCUT2D eigenvalue weighted by Gasteiger charge is -2.25. The van der Waals surface area contributed by atoms with Crippen LogP contribution in [0.15, 0.2) is 53.3 Å². The van der Waals surface area contributed by atoms with Crippen LogP contribution in [0.1, 0.15) is 23.6 Å². The van der Waals surface area contributed by atoms with Crippen molar-refractivity contribution >= 4 is 23.4 Å². The molecule has 1 amide bonds. The number of hydrogen-bond donors (Lipinski definition) is 0. The first-order valence-corrected chi connectivity index (χ1v) is 10.9. The molecule has 1 saturated heterocycles. The molecule has 1 aromatic heterocycles. The third-order valence-corrected chi connectivity index (χ3v) is 6.95. The molecule has 0 unspecified atom stereocenters. The predicted octanol–water partition coefficient (Wildman–Crippen LogP) is 3.67. The number of benzene rings is 2. The number of carbonyl (C=O) groups excluding carboxylic acids is 1. The number of carbonyl (C=O) groups is 1. The van der Waals surface area contributed by atoms with E-state index < -0.39 is 5.37 Å². The molecule has 4 rings (SSSR count). The third kappa shape index (κ3) is 3.31. The molecule has 0 bridgehead atoms. The van der Waals surface area contributed by atoms with Gasteiger partial charge in [-0.2, -0.15) is 0 Å². The second kappa shape index (κ2) is 8.19. The molecule has 1 aliphatic heterocycles. The van der Waals surface area contributed by atoms with Crippen LogP contribution in [0.3, 0.4) is 0 Å². The molecule has 0 saturated carbocycles. The first-order valence-electron chi connectivity index (χ1n) is 9.94. The van der Waals surface area contributed by atoms with Crippen LogP contribution in [-0.4, -0.2) is 34.7 Å². The molecular weight excluding hydrogens is 414 g/mol. The van der Waals surface area contributed by atoms with Crippen molar-refractivity contribution in [3.8, 4) is 17.2 Å². The maximum absolute atomic E-state index is 13.6. The molecule has 7 nitrogen and oxygen atoms in total. The molecule has 0 aliphatic carbocycles. The summed E-state index contributed by atoms with van der Waals surface area (Å²) in [6.07, 6.45) is 0. The third-order valence-electron chi connectivity index (χ3n) is 5.62. The zero-order valence-electron chi connectivity index (χ0n) is 18.2. The monoisotopic (exact) mass is 439 g/mol. The van der Waals surface area contributed by atoms with Gasteiger partial charge in [0.25, 0.3) is 5.56 Å². The Morgan fingerprint density at radius 2 is 1.68 bits per heavy atom. The summed E-state index contributed by atoms with van der Waals surface area (Å²) in [6, 6.07) is 15.0. The van der Waals surface area contributed by atoms with E-state index in [2.05, 4.69) is 0 Å². The Hall–Kier alpha value is -3.13. The van der Waals surface area contributed by atoms with E-state index in [1.807, 2.05) is 69.4 Å². The molecule has 162 valence electrons. The van der Waals surface area contributed by atoms with Crippen molar-refractivity contribution in [1.82, 2.24) is 9.36 Å². The Morgan fingerprint density at radius 1 is 0.968 bits per heavy atom. The molecule has 8 heteroatoms. The van der Waals surface area contributed by atoms with Crippen molar-refractivity contribution in [2.24, 2.45) is 7.05 Å². The van der Waals surface area contributed by atoms with Gasteiger partial charge in [0, 0.05) is 12.6 Å². The van der Waals surface area contributed by atoms with Gasteiger partial charge >= 0.3 is 0 Å². The molecule has 2 atom stereocenters. The molecule has 31 heavy (non-hydrogen) atoms. The number of aromatic nitrogens is 2. The Morgan fingerprint density at radius 3 is 2.32 bits per heavy atom. The van der Waals surface area contributed by atoms with E-state index in [1.165, 1.54) is 11.8 Å². The number of nitrogens with zero attached hydrogens (tertiary/aromatic N) is 3. The maximum atomic E-state index is 13.6. The minimum absolute atomic E-state index is 0.106. The molecule has 3 aromatic rings. The number of hydrogen-bond acceptors (Lipinski definition) is 5. The fourth-order valence-electron chi connectivity index (χ4n) is 4.00. The summed E-state index contributed by atoms with van der Waals surface area (Å²) in [5.74, 6) is 1.04. The SMILES string of the molecule is COc1cccc([C@@H]2S[C@H](C)C(=O)N2c2c(C)n(C)n(-c3ccccc3)c2=O)c1OC. The van der Waals surface area contributed by atoms with Crippen LogP contribution in [0, 0.1) is 6.92 Å². The lowest BCUT2D eigenvalue weighted by molar-refractivity contribution is -0.117. The van der Waals surface area contributed by atoms with Gasteiger partial charge in [0.15, 0.2) is 11.5 Å². The number of amides is 1. The quantitative estimate of drug-likeness (QED) is 0.607. The predicted molar refractivity (Wildman–Crippen MR) is 123 cm³/mol. The van der Waals surface area contributed by atoms with Crippen LogP contribution in [0.25, 0.3) is 5.69 Å². The van der Waals surface area contributed by atoms with Crippen LogP contribution in [-0.2, 0) is 11.8 Å². The maximum Gasteiger partial charge on any atom is 0.295 e. The van der Waals surface area contributed by atoms with Gasteiger partial charge in [-0.1, -0.05) is 30.3 Å². The number of thioether (sulfide) groups is 1. The average molecular weight is 440 g/mol. The highest BCUT2D eigenvalue weighted by Crippen LogP contribution is 2.49. The minimum Gasteiger partial charge on any atom is -0.493 e. The van der Waals surface area contributed by atoms with Crippen molar-refractivity contribution in [2.75, 3.05) is 19.1 Å². The summed E-state index contributed by atoms with van der Waals surface area (Å²) < 4.78 is 14.5. The lowest BCUT2D eigenvalue weighted by Crippen LogP contribution is -2.34. The van der Waals surface area contributed by atoms with Crippen molar-refractivity contribution in [1.29, 1.82) is 0 Å². The first kappa shape index (κ1) is 21.1. The smallest absolute Gasteiger partial charge is 0.295 e. The highest BCUT2D eigenvalue weighted by molar-refractivity contribution is 8.01. The number of rotatable bonds is 5. The van der Waals surface area contributed by atoms with Gasteiger partial charge in [0.2, 0.25) is 5.91 Å². The van der Waals surface area contributed by atoms with Gasteiger partial charge in [-0.3, -0.25) is 19.2 Å². The Kier molecular flexibility index (Phi) is 5.58. The van der Waals surface area contributed by atoms with Crippen molar-refractivity contribution in [2.45, 2.75) is 24.5 Å². The molecule has 0 spiro atoms. The molecular formula is C23H25N3O4S. The fraction of sp³-hybridized carbons (Fsp3) is 0.304.